The van der Waals surface area contributed by atoms with Crippen LogP contribution in [0.25, 0.3) is 4.41 Å². The average molecular weight is 233 g/mol. The maximum absolute atomic E-state index is 2.47. The summed E-state index contributed by atoms with van der Waals surface area (Å²) in [5, 5.41) is 0. The Hall–Kier alpha value is -0.497. The standard InChI is InChI=1S/C12H16Ge/c1-13(2,3)12-9-8-10-6-4-5-7-11(10)12/h4-7,9H,8H2,1-3H3. The summed E-state index contributed by atoms with van der Waals surface area (Å²) in [7, 11) is 0. The molecule has 1 aromatic carbocycles. The number of hydrogen-bond donors (Lipinski definition) is 0. The zero-order chi connectivity index (χ0) is 9.47. The molecule has 0 fully saturated rings. The summed E-state index contributed by atoms with van der Waals surface area (Å²) in [4.78, 5) is 0. The van der Waals surface area contributed by atoms with Gasteiger partial charge in [-0.1, -0.05) is 0 Å². The third-order valence-electron chi connectivity index (χ3n) is 2.64. The molecule has 0 N–H and O–H groups in total. The molecule has 0 heterocycles. The number of allylic oxidation sites excluding steroid dienone is 1. The fourth-order valence-electron chi connectivity index (χ4n) is 1.99. The molecule has 1 aliphatic carbocycles. The second-order valence-corrected chi connectivity index (χ2v) is 15.3. The summed E-state index contributed by atoms with van der Waals surface area (Å²) >= 11 is -1.60. The molecule has 68 valence electrons. The Morgan fingerprint density at radius 3 is 2.46 bits per heavy atom. The molecule has 0 saturated carbocycles. The van der Waals surface area contributed by atoms with Gasteiger partial charge in [0.25, 0.3) is 0 Å². The minimum atomic E-state index is -1.60. The van der Waals surface area contributed by atoms with Crippen LogP contribution >= 0.6 is 0 Å². The van der Waals surface area contributed by atoms with Crippen LogP contribution in [0.15, 0.2) is 30.3 Å². The molecule has 0 amide bonds. The Morgan fingerprint density at radius 2 is 1.77 bits per heavy atom. The molecule has 0 unspecified atom stereocenters. The van der Waals surface area contributed by atoms with Crippen molar-refractivity contribution in [3.05, 3.63) is 41.5 Å². The van der Waals surface area contributed by atoms with Gasteiger partial charge in [0.1, 0.15) is 0 Å². The first-order valence-corrected chi connectivity index (χ1v) is 12.2. The summed E-state index contributed by atoms with van der Waals surface area (Å²) < 4.78 is 1.69. The van der Waals surface area contributed by atoms with Crippen molar-refractivity contribution in [2.24, 2.45) is 0 Å². The first-order valence-electron chi connectivity index (χ1n) is 4.88. The summed E-state index contributed by atoms with van der Waals surface area (Å²) in [5.74, 6) is 7.40. The van der Waals surface area contributed by atoms with E-state index in [1.54, 1.807) is 4.41 Å². The molecule has 0 nitrogen and oxygen atoms in total. The van der Waals surface area contributed by atoms with E-state index in [-0.39, 0.29) is 0 Å². The van der Waals surface area contributed by atoms with Crippen molar-refractivity contribution in [1.82, 2.24) is 0 Å². The van der Waals surface area contributed by atoms with E-state index in [0.29, 0.717) is 0 Å². The number of hydrogen-bond acceptors (Lipinski definition) is 0. The topological polar surface area (TPSA) is 0 Å². The predicted molar refractivity (Wildman–Crippen MR) is 61.5 cm³/mol. The van der Waals surface area contributed by atoms with Crippen LogP contribution in [0.5, 0.6) is 0 Å². The first kappa shape index (κ1) is 9.07. The molecule has 0 bridgehead atoms. The van der Waals surface area contributed by atoms with Crippen LogP contribution in [0.4, 0.5) is 0 Å². The van der Waals surface area contributed by atoms with Crippen molar-refractivity contribution >= 4 is 17.7 Å². The van der Waals surface area contributed by atoms with E-state index < -0.39 is 13.3 Å². The van der Waals surface area contributed by atoms with Gasteiger partial charge in [-0.2, -0.15) is 0 Å². The van der Waals surface area contributed by atoms with E-state index in [4.69, 9.17) is 0 Å². The van der Waals surface area contributed by atoms with Gasteiger partial charge in [-0.05, 0) is 0 Å². The SMILES string of the molecule is [CH3][Ge]([CH3])([CH3])[C]1=CCc2ccccc21. The number of rotatable bonds is 1. The Labute approximate surface area is 83.0 Å². The van der Waals surface area contributed by atoms with Gasteiger partial charge in [0.2, 0.25) is 0 Å². The Kier molecular flexibility index (Phi) is 2.11. The van der Waals surface area contributed by atoms with Crippen LogP contribution in [0, 0.1) is 0 Å². The molecule has 0 aromatic heterocycles. The third-order valence-corrected chi connectivity index (χ3v) is 7.03. The molecular weight excluding hydrogens is 217 g/mol. The molecule has 1 aromatic rings. The number of benzene rings is 1. The average Bonchev–Trinajstić information content (AvgIpc) is 2.45. The van der Waals surface area contributed by atoms with E-state index in [1.807, 2.05) is 0 Å². The number of fused-ring (bicyclic) bond motifs is 1. The Balaban J connectivity index is 2.48. The van der Waals surface area contributed by atoms with Crippen molar-refractivity contribution < 1.29 is 0 Å². The van der Waals surface area contributed by atoms with Crippen molar-refractivity contribution in [3.63, 3.8) is 0 Å². The first-order chi connectivity index (χ1) is 6.09. The van der Waals surface area contributed by atoms with Gasteiger partial charge in [-0.15, -0.1) is 0 Å². The van der Waals surface area contributed by atoms with Gasteiger partial charge in [0.15, 0.2) is 0 Å². The van der Waals surface area contributed by atoms with Crippen LogP contribution in [-0.2, 0) is 6.42 Å². The van der Waals surface area contributed by atoms with Gasteiger partial charge in [-0.25, -0.2) is 0 Å². The van der Waals surface area contributed by atoms with Crippen LogP contribution in [0.2, 0.25) is 17.3 Å². The Bertz CT molecular complexity index is 356. The zero-order valence-electron chi connectivity index (χ0n) is 8.59. The molecule has 13 heavy (non-hydrogen) atoms. The molecule has 0 saturated heterocycles. The van der Waals surface area contributed by atoms with Crippen molar-refractivity contribution in [1.29, 1.82) is 0 Å². The van der Waals surface area contributed by atoms with Gasteiger partial charge < -0.3 is 0 Å². The molecule has 1 aliphatic rings. The monoisotopic (exact) mass is 234 g/mol. The quantitative estimate of drug-likeness (QED) is 0.651. The summed E-state index contributed by atoms with van der Waals surface area (Å²) in [5.41, 5.74) is 3.06. The van der Waals surface area contributed by atoms with Crippen molar-refractivity contribution in [2.45, 2.75) is 23.7 Å². The fraction of sp³-hybridized carbons (Fsp3) is 0.333. The zero-order valence-corrected chi connectivity index (χ0v) is 10.7. The van der Waals surface area contributed by atoms with E-state index in [0.717, 1.165) is 6.42 Å². The second-order valence-electron chi connectivity index (χ2n) is 4.73. The van der Waals surface area contributed by atoms with Crippen LogP contribution in [0.1, 0.15) is 11.1 Å². The predicted octanol–water partition coefficient (Wildman–Crippen LogP) is 3.50. The normalized spacial score (nSPS) is 15.5. The van der Waals surface area contributed by atoms with E-state index in [1.165, 1.54) is 11.1 Å². The van der Waals surface area contributed by atoms with E-state index in [2.05, 4.69) is 47.6 Å². The molecule has 0 aliphatic heterocycles. The fourth-order valence-corrected chi connectivity index (χ4v) is 5.70. The summed E-state index contributed by atoms with van der Waals surface area (Å²) in [6, 6.07) is 8.84. The van der Waals surface area contributed by atoms with Gasteiger partial charge in [0, 0.05) is 0 Å². The third kappa shape index (κ3) is 1.60. The van der Waals surface area contributed by atoms with Crippen molar-refractivity contribution in [3.8, 4) is 0 Å². The molecule has 0 spiro atoms. The van der Waals surface area contributed by atoms with E-state index >= 15 is 0 Å². The molecule has 0 radical (unpaired) electrons. The van der Waals surface area contributed by atoms with Crippen LogP contribution < -0.4 is 0 Å². The van der Waals surface area contributed by atoms with Gasteiger partial charge in [-0.3, -0.25) is 0 Å². The minimum absolute atomic E-state index is 1.16. The van der Waals surface area contributed by atoms with Crippen LogP contribution in [-0.4, -0.2) is 13.3 Å². The van der Waals surface area contributed by atoms with Gasteiger partial charge in [0.05, 0.1) is 0 Å². The summed E-state index contributed by atoms with van der Waals surface area (Å²) in [6.07, 6.45) is 3.61. The molecule has 0 atom stereocenters. The molecular formula is C12H16Ge. The van der Waals surface area contributed by atoms with E-state index in [9.17, 15) is 0 Å². The molecule has 2 rings (SSSR count). The second kappa shape index (κ2) is 3.02. The van der Waals surface area contributed by atoms with Crippen LogP contribution in [0.3, 0.4) is 0 Å². The van der Waals surface area contributed by atoms with Crippen molar-refractivity contribution in [2.75, 3.05) is 0 Å². The maximum atomic E-state index is 2.47. The summed E-state index contributed by atoms with van der Waals surface area (Å²) in [6.45, 7) is 0. The Morgan fingerprint density at radius 1 is 1.08 bits per heavy atom. The molecule has 1 heteroatoms. The van der Waals surface area contributed by atoms with Gasteiger partial charge >= 0.3 is 82.8 Å².